The Bertz CT molecular complexity index is 743. The minimum Gasteiger partial charge on any atom is -0.490 e. The first kappa shape index (κ1) is 19.0. The van der Waals surface area contributed by atoms with Crippen LogP contribution >= 0.6 is 15.9 Å². The number of Topliss-reactive ketones (excluding diaryl/α,β-unsaturated/α-hetero) is 1. The molecule has 0 aromatic heterocycles. The summed E-state index contributed by atoms with van der Waals surface area (Å²) in [5, 5.41) is 0. The maximum Gasteiger partial charge on any atom is 0.338 e. The van der Waals surface area contributed by atoms with Crippen molar-refractivity contribution >= 4 is 27.7 Å². The van der Waals surface area contributed by atoms with E-state index in [0.717, 1.165) is 0 Å². The smallest absolute Gasteiger partial charge is 0.338 e. The number of hydrogen-bond donors (Lipinski definition) is 0. The molecule has 2 aromatic carbocycles. The lowest BCUT2D eigenvalue weighted by Crippen LogP contribution is -2.14. The summed E-state index contributed by atoms with van der Waals surface area (Å²) in [6.45, 7) is 4.27. The van der Waals surface area contributed by atoms with Crippen LogP contribution < -0.4 is 9.47 Å². The zero-order valence-electron chi connectivity index (χ0n) is 14.1. The van der Waals surface area contributed by atoms with Crippen LogP contribution in [0.15, 0.2) is 46.9 Å². The van der Waals surface area contributed by atoms with Crippen molar-refractivity contribution < 1.29 is 23.8 Å². The minimum absolute atomic E-state index is 0.260. The van der Waals surface area contributed by atoms with Gasteiger partial charge in [-0.05, 0) is 41.9 Å². The molecule has 0 atom stereocenters. The topological polar surface area (TPSA) is 61.8 Å². The Labute approximate surface area is 155 Å². The van der Waals surface area contributed by atoms with Crippen LogP contribution in [-0.4, -0.2) is 31.6 Å². The lowest BCUT2D eigenvalue weighted by Gasteiger charge is -2.14. The number of ketones is 1. The quantitative estimate of drug-likeness (QED) is 0.483. The molecule has 2 rings (SSSR count). The molecule has 132 valence electrons. The number of rotatable bonds is 8. The van der Waals surface area contributed by atoms with Crippen molar-refractivity contribution in [1.82, 2.24) is 0 Å². The number of hydrogen-bond acceptors (Lipinski definition) is 5. The largest absolute Gasteiger partial charge is 0.490 e. The Morgan fingerprint density at radius 2 is 1.64 bits per heavy atom. The van der Waals surface area contributed by atoms with Gasteiger partial charge < -0.3 is 14.2 Å². The van der Waals surface area contributed by atoms with Gasteiger partial charge in [0.05, 0.1) is 23.2 Å². The Balaban J connectivity index is 2.12. The summed E-state index contributed by atoms with van der Waals surface area (Å²) in [5.74, 6) is 0.110. The molecule has 0 aliphatic heterocycles. The van der Waals surface area contributed by atoms with E-state index in [9.17, 15) is 9.59 Å². The molecule has 6 heteroatoms. The van der Waals surface area contributed by atoms with E-state index in [1.54, 1.807) is 36.4 Å². The average Bonchev–Trinajstić information content (AvgIpc) is 2.63. The van der Waals surface area contributed by atoms with Crippen LogP contribution in [0.5, 0.6) is 11.5 Å². The molecule has 0 N–H and O–H groups in total. The zero-order chi connectivity index (χ0) is 18.2. The monoisotopic (exact) mass is 406 g/mol. The molecule has 25 heavy (non-hydrogen) atoms. The summed E-state index contributed by atoms with van der Waals surface area (Å²) in [6.07, 6.45) is 0. The van der Waals surface area contributed by atoms with Crippen LogP contribution in [0.4, 0.5) is 0 Å². The van der Waals surface area contributed by atoms with Crippen molar-refractivity contribution in [2.75, 3.05) is 19.8 Å². The van der Waals surface area contributed by atoms with Crippen LogP contribution in [0.25, 0.3) is 0 Å². The van der Waals surface area contributed by atoms with E-state index < -0.39 is 5.97 Å². The molecule has 0 unspecified atom stereocenters. The molecule has 0 heterocycles. The summed E-state index contributed by atoms with van der Waals surface area (Å²) < 4.78 is 16.8. The molecule has 0 fully saturated rings. The van der Waals surface area contributed by atoms with Crippen LogP contribution in [-0.2, 0) is 4.74 Å². The molecular weight excluding hydrogens is 388 g/mol. The number of halogens is 1. The summed E-state index contributed by atoms with van der Waals surface area (Å²) in [5.41, 5.74) is 0.776. The molecule has 0 radical (unpaired) electrons. The van der Waals surface area contributed by atoms with Crippen LogP contribution in [0.2, 0.25) is 0 Å². The first-order valence-electron chi connectivity index (χ1n) is 7.91. The molecule has 0 saturated heterocycles. The van der Waals surface area contributed by atoms with Gasteiger partial charge in [0.1, 0.15) is 0 Å². The number of ether oxygens (including phenoxy) is 3. The maximum absolute atomic E-state index is 12.3. The normalized spacial score (nSPS) is 10.2. The van der Waals surface area contributed by atoms with Gasteiger partial charge in [0.2, 0.25) is 0 Å². The fourth-order valence-electron chi connectivity index (χ4n) is 2.15. The van der Waals surface area contributed by atoms with Gasteiger partial charge in [0.25, 0.3) is 0 Å². The Morgan fingerprint density at radius 1 is 0.960 bits per heavy atom. The van der Waals surface area contributed by atoms with Crippen molar-refractivity contribution in [3.63, 3.8) is 0 Å². The Morgan fingerprint density at radius 3 is 2.28 bits per heavy atom. The van der Waals surface area contributed by atoms with E-state index in [1.165, 1.54) is 0 Å². The third-order valence-corrected chi connectivity index (χ3v) is 3.85. The van der Waals surface area contributed by atoms with Crippen molar-refractivity contribution in [2.45, 2.75) is 13.8 Å². The van der Waals surface area contributed by atoms with Crippen LogP contribution in [0, 0.1) is 0 Å². The number of carbonyl (C=O) groups is 2. The van der Waals surface area contributed by atoms with E-state index in [0.29, 0.717) is 34.7 Å². The van der Waals surface area contributed by atoms with Crippen molar-refractivity contribution in [3.05, 3.63) is 58.1 Å². The van der Waals surface area contributed by atoms with Gasteiger partial charge >= 0.3 is 5.97 Å². The second kappa shape index (κ2) is 9.22. The molecule has 0 aliphatic rings. The average molecular weight is 407 g/mol. The van der Waals surface area contributed by atoms with Gasteiger partial charge in [0.15, 0.2) is 23.9 Å². The zero-order valence-corrected chi connectivity index (χ0v) is 15.7. The summed E-state index contributed by atoms with van der Waals surface area (Å²) in [6, 6.07) is 11.8. The van der Waals surface area contributed by atoms with Crippen LogP contribution in [0.3, 0.4) is 0 Å². The molecule has 0 aliphatic carbocycles. The fraction of sp³-hybridized carbons (Fsp3) is 0.263. The van der Waals surface area contributed by atoms with Crippen molar-refractivity contribution in [1.29, 1.82) is 0 Å². The molecular formula is C19H19BrO5. The van der Waals surface area contributed by atoms with Gasteiger partial charge in [-0.25, -0.2) is 4.79 Å². The number of benzene rings is 2. The van der Waals surface area contributed by atoms with E-state index in [4.69, 9.17) is 14.2 Å². The summed E-state index contributed by atoms with van der Waals surface area (Å²) in [7, 11) is 0. The number of esters is 1. The lowest BCUT2D eigenvalue weighted by molar-refractivity contribution is 0.0474. The van der Waals surface area contributed by atoms with Crippen molar-refractivity contribution in [2.24, 2.45) is 0 Å². The predicted molar refractivity (Wildman–Crippen MR) is 97.5 cm³/mol. The van der Waals surface area contributed by atoms with E-state index in [1.807, 2.05) is 19.9 Å². The highest BCUT2D eigenvalue weighted by atomic mass is 79.9. The first-order valence-corrected chi connectivity index (χ1v) is 8.70. The SMILES string of the molecule is CCOc1cc(C(=O)OCC(=O)c2ccccc2)cc(Br)c1OCC. The standard InChI is InChI=1S/C19H19BrO5/c1-3-23-17-11-14(10-15(20)18(17)24-4-2)19(22)25-12-16(21)13-8-6-5-7-9-13/h5-11H,3-4,12H2,1-2H3. The second-order valence-electron chi connectivity index (χ2n) is 5.02. The highest BCUT2D eigenvalue weighted by Gasteiger charge is 2.18. The third kappa shape index (κ3) is 5.06. The summed E-state index contributed by atoms with van der Waals surface area (Å²) in [4.78, 5) is 24.3. The molecule has 2 aromatic rings. The van der Waals surface area contributed by atoms with Gasteiger partial charge in [0, 0.05) is 5.56 Å². The molecule has 0 bridgehead atoms. The van der Waals surface area contributed by atoms with Crippen LogP contribution in [0.1, 0.15) is 34.6 Å². The van der Waals surface area contributed by atoms with Gasteiger partial charge in [-0.1, -0.05) is 30.3 Å². The highest BCUT2D eigenvalue weighted by Crippen LogP contribution is 2.37. The molecule has 0 amide bonds. The minimum atomic E-state index is -0.603. The second-order valence-corrected chi connectivity index (χ2v) is 5.87. The number of carbonyl (C=O) groups excluding carboxylic acids is 2. The molecule has 0 spiro atoms. The summed E-state index contributed by atoms with van der Waals surface area (Å²) >= 11 is 3.37. The third-order valence-electron chi connectivity index (χ3n) is 3.26. The molecule has 5 nitrogen and oxygen atoms in total. The van der Waals surface area contributed by atoms with Crippen molar-refractivity contribution in [3.8, 4) is 11.5 Å². The van der Waals surface area contributed by atoms with Gasteiger partial charge in [-0.3, -0.25) is 4.79 Å². The fourth-order valence-corrected chi connectivity index (χ4v) is 2.71. The Kier molecular flexibility index (Phi) is 7.01. The highest BCUT2D eigenvalue weighted by molar-refractivity contribution is 9.10. The Hall–Kier alpha value is -2.34. The molecule has 0 saturated carbocycles. The van der Waals surface area contributed by atoms with E-state index in [-0.39, 0.29) is 18.0 Å². The van der Waals surface area contributed by atoms with E-state index in [2.05, 4.69) is 15.9 Å². The lowest BCUT2D eigenvalue weighted by atomic mass is 10.1. The van der Waals surface area contributed by atoms with E-state index >= 15 is 0 Å². The predicted octanol–water partition coefficient (Wildman–Crippen LogP) is 4.29. The maximum atomic E-state index is 12.3. The van der Waals surface area contributed by atoms with Gasteiger partial charge in [-0.2, -0.15) is 0 Å². The first-order chi connectivity index (χ1) is 12.1. The van der Waals surface area contributed by atoms with Gasteiger partial charge in [-0.15, -0.1) is 0 Å².